The quantitative estimate of drug-likeness (QED) is 0.226. The maximum atomic E-state index is 11.6. The van der Waals surface area contributed by atoms with Gasteiger partial charge in [0.2, 0.25) is 12.1 Å². The van der Waals surface area contributed by atoms with E-state index in [9.17, 15) is 20.4 Å². The zero-order valence-electron chi connectivity index (χ0n) is 19.6. The van der Waals surface area contributed by atoms with Crippen molar-refractivity contribution in [1.29, 1.82) is 0 Å². The van der Waals surface area contributed by atoms with Crippen LogP contribution in [-0.4, -0.2) is 108 Å². The predicted molar refractivity (Wildman–Crippen MR) is 124 cm³/mol. The van der Waals surface area contributed by atoms with Crippen molar-refractivity contribution in [3.63, 3.8) is 0 Å². The van der Waals surface area contributed by atoms with Crippen LogP contribution in [0.15, 0.2) is 24.3 Å². The number of halogens is 1. The maximum absolute atomic E-state index is 11.6. The Labute approximate surface area is 204 Å². The Bertz CT molecular complexity index is 835. The molecule has 0 amide bonds. The number of hydrogen-bond donors (Lipinski definition) is 7. The van der Waals surface area contributed by atoms with E-state index in [1.807, 2.05) is 24.3 Å². The average molecular weight is 502 g/mol. The lowest BCUT2D eigenvalue weighted by Gasteiger charge is -2.60. The smallest absolute Gasteiger partial charge is 0.249 e. The van der Waals surface area contributed by atoms with Gasteiger partial charge in [-0.05, 0) is 51.7 Å². The highest BCUT2D eigenvalue weighted by Crippen LogP contribution is 2.46. The number of rotatable bonds is 7. The molecule has 10 nitrogen and oxygen atoms in total. The minimum absolute atomic E-state index is 0.0243. The molecule has 2 aliphatic heterocycles. The van der Waals surface area contributed by atoms with Crippen LogP contribution in [0.3, 0.4) is 0 Å². The van der Waals surface area contributed by atoms with Crippen molar-refractivity contribution in [3.05, 3.63) is 34.9 Å². The molecule has 3 aliphatic rings. The molecule has 1 aromatic rings. The largest absolute Gasteiger partial charge is 0.390 e. The van der Waals surface area contributed by atoms with Gasteiger partial charge in [-0.15, -0.1) is 0 Å². The fourth-order valence-electron chi connectivity index (χ4n) is 5.41. The Hall–Kier alpha value is -0.890. The fourth-order valence-corrected chi connectivity index (χ4v) is 5.53. The third-order valence-corrected chi connectivity index (χ3v) is 7.52. The summed E-state index contributed by atoms with van der Waals surface area (Å²) < 4.78 is 18.0. The summed E-state index contributed by atoms with van der Waals surface area (Å²) >= 11 is 5.94. The lowest BCUT2D eigenvalue weighted by atomic mass is 9.77. The Kier molecular flexibility index (Phi) is 7.88. The molecule has 0 radical (unpaired) electrons. The topological polar surface area (TPSA) is 145 Å². The second kappa shape index (κ2) is 10.2. The summed E-state index contributed by atoms with van der Waals surface area (Å²) in [5.74, 6) is -2.21. The van der Waals surface area contributed by atoms with Crippen molar-refractivity contribution in [3.8, 4) is 0 Å². The Balaban J connectivity index is 1.50. The van der Waals surface area contributed by atoms with Crippen molar-refractivity contribution < 1.29 is 34.6 Å². The second-order valence-corrected chi connectivity index (χ2v) is 9.99. The molecule has 7 N–H and O–H groups in total. The van der Waals surface area contributed by atoms with Crippen LogP contribution >= 0.6 is 11.6 Å². The van der Waals surface area contributed by atoms with Crippen LogP contribution in [0.2, 0.25) is 5.02 Å². The highest BCUT2D eigenvalue weighted by atomic mass is 35.5. The van der Waals surface area contributed by atoms with Crippen molar-refractivity contribution in [2.75, 3.05) is 27.2 Å². The zero-order valence-corrected chi connectivity index (χ0v) is 20.4. The normalized spacial score (nSPS) is 44.4. The Morgan fingerprint density at radius 2 is 1.68 bits per heavy atom. The molecule has 192 valence electrons. The van der Waals surface area contributed by atoms with E-state index in [2.05, 4.69) is 16.0 Å². The van der Waals surface area contributed by atoms with Crippen LogP contribution in [0, 0.1) is 0 Å². The minimum atomic E-state index is -2.21. The number of ether oxygens (including phenoxy) is 3. The molecule has 0 bridgehead atoms. The first kappa shape index (κ1) is 26.2. The van der Waals surface area contributed by atoms with Crippen molar-refractivity contribution in [2.24, 2.45) is 0 Å². The van der Waals surface area contributed by atoms with Gasteiger partial charge < -0.3 is 50.6 Å². The van der Waals surface area contributed by atoms with Crippen molar-refractivity contribution in [2.45, 2.75) is 80.0 Å². The fraction of sp³-hybridized carbons (Fsp3) is 0.739. The summed E-state index contributed by atoms with van der Waals surface area (Å²) in [7, 11) is 3.29. The highest BCUT2D eigenvalue weighted by molar-refractivity contribution is 6.30. The first-order valence-electron chi connectivity index (χ1n) is 11.7. The van der Waals surface area contributed by atoms with Gasteiger partial charge in [-0.2, -0.15) is 0 Å². The van der Waals surface area contributed by atoms with E-state index in [0.29, 0.717) is 18.0 Å². The summed E-state index contributed by atoms with van der Waals surface area (Å²) in [6.07, 6.45) is -4.91. The van der Waals surface area contributed by atoms with Gasteiger partial charge in [0.1, 0.15) is 23.9 Å². The lowest BCUT2D eigenvalue weighted by molar-refractivity contribution is -0.482. The molecule has 4 rings (SSSR count). The second-order valence-electron chi connectivity index (χ2n) is 9.56. The summed E-state index contributed by atoms with van der Waals surface area (Å²) in [5, 5.41) is 54.7. The van der Waals surface area contributed by atoms with Crippen molar-refractivity contribution in [1.82, 2.24) is 16.0 Å². The number of fused-ring (bicyclic) bond motifs is 2. The number of likely N-dealkylation sites (N-methyl/N-ethyl adjacent to an activating group) is 2. The van der Waals surface area contributed by atoms with Gasteiger partial charge in [-0.3, -0.25) is 0 Å². The van der Waals surface area contributed by atoms with Gasteiger partial charge in [-0.25, -0.2) is 0 Å². The van der Waals surface area contributed by atoms with Gasteiger partial charge in [-0.1, -0.05) is 23.7 Å². The molecule has 0 aromatic heterocycles. The summed E-state index contributed by atoms with van der Waals surface area (Å²) in [6, 6.07) is 6.18. The standard InChI is InChI=1S/C23H36ClN3O7/c1-12-10-22(30,11-27-9-8-13-4-6-14(24)7-5-13)23(31)21(32-12)33-20-18(29)15(25-2)17(28)16(26-3)19(20)34-23/h4-7,12,15-21,25-31H,8-11H2,1-3H3/t12-,15?,16+,17+,18+,19-,20?,21+,22-,23-/m1/s1. The molecule has 2 saturated heterocycles. The number of aliphatic hydroxyl groups excluding tert-OH is 2. The monoisotopic (exact) mass is 501 g/mol. The van der Waals surface area contributed by atoms with Crippen LogP contribution in [0.5, 0.6) is 0 Å². The summed E-state index contributed by atoms with van der Waals surface area (Å²) in [5.41, 5.74) is -0.656. The molecule has 0 spiro atoms. The highest BCUT2D eigenvalue weighted by Gasteiger charge is 2.68. The molecule has 3 fully saturated rings. The summed E-state index contributed by atoms with van der Waals surface area (Å²) in [4.78, 5) is 0. The average Bonchev–Trinajstić information content (AvgIpc) is 2.79. The maximum Gasteiger partial charge on any atom is 0.249 e. The molecule has 2 heterocycles. The Morgan fingerprint density at radius 1 is 1.00 bits per heavy atom. The number of nitrogens with one attached hydrogen (secondary N) is 3. The molecule has 34 heavy (non-hydrogen) atoms. The van der Waals surface area contributed by atoms with E-state index >= 15 is 0 Å². The molecular formula is C23H36ClN3O7. The van der Waals surface area contributed by atoms with E-state index in [4.69, 9.17) is 25.8 Å². The van der Waals surface area contributed by atoms with Gasteiger partial charge in [0.05, 0.1) is 24.3 Å². The third kappa shape index (κ3) is 4.62. The third-order valence-electron chi connectivity index (χ3n) is 7.27. The van der Waals surface area contributed by atoms with Gasteiger partial charge in [0.25, 0.3) is 0 Å². The van der Waals surface area contributed by atoms with Gasteiger partial charge in [0.15, 0.2) is 0 Å². The molecule has 1 aromatic carbocycles. The molecule has 11 heteroatoms. The SMILES string of the molecule is CNC1[C@H](O)C2O[C@@H]3O[C@H](C)C[C@@](O)(CNCCc4ccc(Cl)cc4)[C@]3(O)O[C@@H]2[C@@H](NC)[C@H]1O. The number of hydrogen-bond acceptors (Lipinski definition) is 10. The van der Waals surface area contributed by atoms with E-state index in [1.54, 1.807) is 21.0 Å². The molecule has 1 saturated carbocycles. The zero-order chi connectivity index (χ0) is 24.7. The van der Waals surface area contributed by atoms with E-state index in [1.165, 1.54) is 0 Å². The minimum Gasteiger partial charge on any atom is -0.390 e. The van der Waals surface area contributed by atoms with Crippen LogP contribution in [-0.2, 0) is 20.6 Å². The van der Waals surface area contributed by atoms with E-state index < -0.39 is 60.3 Å². The molecule has 2 unspecified atom stereocenters. The van der Waals surface area contributed by atoms with Gasteiger partial charge >= 0.3 is 0 Å². The first-order chi connectivity index (χ1) is 16.1. The number of benzene rings is 1. The van der Waals surface area contributed by atoms with E-state index in [-0.39, 0.29) is 13.0 Å². The van der Waals surface area contributed by atoms with Crippen LogP contribution in [0.4, 0.5) is 0 Å². The lowest BCUT2D eigenvalue weighted by Crippen LogP contribution is -2.81. The summed E-state index contributed by atoms with van der Waals surface area (Å²) in [6.45, 7) is 2.35. The molecular weight excluding hydrogens is 466 g/mol. The predicted octanol–water partition coefficient (Wildman–Crippen LogP) is -1.28. The van der Waals surface area contributed by atoms with Gasteiger partial charge in [0, 0.05) is 18.0 Å². The van der Waals surface area contributed by atoms with Crippen LogP contribution in [0.25, 0.3) is 0 Å². The van der Waals surface area contributed by atoms with Crippen LogP contribution in [0.1, 0.15) is 18.9 Å². The number of aliphatic hydroxyl groups is 4. The molecule has 1 aliphatic carbocycles. The first-order valence-corrected chi connectivity index (χ1v) is 12.1. The molecule has 10 atom stereocenters. The Morgan fingerprint density at radius 3 is 2.32 bits per heavy atom. The van der Waals surface area contributed by atoms with E-state index in [0.717, 1.165) is 5.56 Å². The van der Waals surface area contributed by atoms with Crippen molar-refractivity contribution >= 4 is 11.6 Å². The van der Waals surface area contributed by atoms with Crippen LogP contribution < -0.4 is 16.0 Å².